The van der Waals surface area contributed by atoms with Crippen LogP contribution in [0, 0.1) is 49.1 Å². The van der Waals surface area contributed by atoms with Gasteiger partial charge >= 0.3 is 0 Å². The molecule has 4 N–H and O–H groups in total. The summed E-state index contributed by atoms with van der Waals surface area (Å²) in [7, 11) is 4.48. The van der Waals surface area contributed by atoms with E-state index in [0.29, 0.717) is 115 Å². The summed E-state index contributed by atoms with van der Waals surface area (Å²) >= 11 is 3.20. The summed E-state index contributed by atoms with van der Waals surface area (Å²) in [6.07, 6.45) is 13.8. The number of hydrogen-bond acceptors (Lipinski definition) is 15. The van der Waals surface area contributed by atoms with Crippen molar-refractivity contribution in [2.45, 2.75) is 96.3 Å². The molecular formula is C74H87F3N10O9S2. The number of aromatic nitrogens is 5. The Balaban J connectivity index is 0.000000168. The highest BCUT2D eigenvalue weighted by atomic mass is 32.2. The summed E-state index contributed by atoms with van der Waals surface area (Å²) in [4.78, 5) is 103. The van der Waals surface area contributed by atoms with Gasteiger partial charge in [-0.25, -0.2) is 13.2 Å². The fraction of sp³-hybridized carbons (Fsp3) is 0.419. The number of benzene rings is 3. The number of pyridine rings is 3. The summed E-state index contributed by atoms with van der Waals surface area (Å²) in [5, 5.41) is 1.40. The standard InChI is InChI=1S/C28H31FN4O4.C23H26FN3O2S.C19H22FN3O2.C4H8OS/c1-17-23(24(34)28(36)32-11-3-4-12-32)21-16-22(26(37-2)31-25(21)30-17)27(35)33-13-9-19(10-14-33)15-18-5-7-20(29)8-6-18;1-14-20(30-3)18-13-19(22(29-2)26-21(18)25-14)23(28)27-10-8-16(9-11-27)12-15-4-6-17(24)7-5-15;1-25-18-16(6-7-17(21)22-18)19(24)23-10-8-14(9-11-23)12-13-2-4-15(20)5-3-13;1-4(5)3-6-2/h5-8,16,19H,3-4,9-15H2,1-2H3,(H,30,31);4-7,13,16H,8-12H2,1-3H3,(H,25,26);2-7,14H,8-12H2,1H3,(H2,21,22);3H2,1-2H3. The lowest BCUT2D eigenvalue weighted by Crippen LogP contribution is -2.39. The van der Waals surface area contributed by atoms with Gasteiger partial charge in [-0.3, -0.25) is 28.8 Å². The van der Waals surface area contributed by atoms with Crippen LogP contribution in [0.2, 0.25) is 0 Å². The van der Waals surface area contributed by atoms with E-state index in [0.717, 1.165) is 109 Å². The van der Waals surface area contributed by atoms with Crippen molar-refractivity contribution in [3.63, 3.8) is 0 Å². The molecule has 4 amide bonds. The molecule has 0 spiro atoms. The topological polar surface area (TPSA) is 239 Å². The molecular weight excluding hydrogens is 1290 g/mol. The number of methoxy groups -OCH3 is 3. The number of nitrogens with one attached hydrogen (secondary N) is 2. The molecule has 0 atom stereocenters. The molecule has 520 valence electrons. The number of carbonyl (C=O) groups is 6. The van der Waals surface area contributed by atoms with Crippen molar-refractivity contribution in [3.8, 4) is 17.6 Å². The van der Waals surface area contributed by atoms with Gasteiger partial charge in [0.15, 0.2) is 0 Å². The Kier molecular flexibility index (Phi) is 25.9. The van der Waals surface area contributed by atoms with Crippen LogP contribution in [0.25, 0.3) is 22.1 Å². The van der Waals surface area contributed by atoms with Gasteiger partial charge in [-0.05, 0) is 199 Å². The zero-order valence-electron chi connectivity index (χ0n) is 56.9. The first-order chi connectivity index (χ1) is 47.2. The average Bonchev–Trinajstić information content (AvgIpc) is 1.60. The molecule has 0 saturated carbocycles. The molecule has 9 heterocycles. The summed E-state index contributed by atoms with van der Waals surface area (Å²) in [6.45, 7) is 10.4. The number of nitrogens with two attached hydrogens (primary N) is 1. The van der Waals surface area contributed by atoms with Gasteiger partial charge in [0.05, 0.1) is 32.6 Å². The fourth-order valence-corrected chi connectivity index (χ4v) is 14.3. The number of likely N-dealkylation sites (tertiary alicyclic amines) is 4. The second-order valence-electron chi connectivity index (χ2n) is 25.2. The maximum absolute atomic E-state index is 13.6. The van der Waals surface area contributed by atoms with Crippen molar-refractivity contribution in [1.82, 2.24) is 44.5 Å². The number of fused-ring (bicyclic) bond motifs is 2. The van der Waals surface area contributed by atoms with Crippen molar-refractivity contribution < 1.29 is 56.1 Å². The number of Topliss-reactive ketones (excluding diaryl/α,β-unsaturated/α-hetero) is 2. The molecule has 3 aromatic carbocycles. The van der Waals surface area contributed by atoms with E-state index in [1.165, 1.54) is 50.6 Å². The van der Waals surface area contributed by atoms with Gasteiger partial charge in [-0.15, -0.1) is 11.8 Å². The Labute approximate surface area is 578 Å². The van der Waals surface area contributed by atoms with E-state index < -0.39 is 11.7 Å². The molecule has 4 aliphatic heterocycles. The Morgan fingerprint density at radius 2 is 0.888 bits per heavy atom. The lowest BCUT2D eigenvalue weighted by atomic mass is 9.90. The Bertz CT molecular complexity index is 4090. The van der Waals surface area contributed by atoms with E-state index in [1.807, 2.05) is 71.7 Å². The third-order valence-electron chi connectivity index (χ3n) is 18.4. The molecule has 0 unspecified atom stereocenters. The molecule has 0 bridgehead atoms. The first kappa shape index (κ1) is 73.3. The van der Waals surface area contributed by atoms with Crippen LogP contribution in [0.4, 0.5) is 19.0 Å². The molecule has 24 heteroatoms. The number of thioether (sulfide) groups is 2. The fourth-order valence-electron chi connectivity index (χ4n) is 13.1. The zero-order valence-corrected chi connectivity index (χ0v) is 58.6. The van der Waals surface area contributed by atoms with Gasteiger partial charge in [0.1, 0.15) is 57.0 Å². The van der Waals surface area contributed by atoms with Crippen molar-refractivity contribution in [1.29, 1.82) is 0 Å². The minimum Gasteiger partial charge on any atom is -0.480 e. The number of aryl methyl sites for hydroxylation is 2. The van der Waals surface area contributed by atoms with Crippen molar-refractivity contribution in [3.05, 3.63) is 165 Å². The van der Waals surface area contributed by atoms with Gasteiger partial charge in [0.25, 0.3) is 29.4 Å². The van der Waals surface area contributed by atoms with Crippen LogP contribution >= 0.6 is 23.5 Å². The maximum Gasteiger partial charge on any atom is 0.295 e. The van der Waals surface area contributed by atoms with Crippen molar-refractivity contribution in [2.24, 2.45) is 17.8 Å². The van der Waals surface area contributed by atoms with Gasteiger partial charge in [-0.1, -0.05) is 36.4 Å². The molecule has 0 aliphatic carbocycles. The predicted octanol–water partition coefficient (Wildman–Crippen LogP) is 12.6. The van der Waals surface area contributed by atoms with Crippen LogP contribution in [-0.4, -0.2) is 172 Å². The largest absolute Gasteiger partial charge is 0.480 e. The second kappa shape index (κ2) is 34.5. The molecule has 4 aliphatic rings. The molecule has 4 saturated heterocycles. The normalized spacial score (nSPS) is 15.2. The maximum atomic E-state index is 13.6. The zero-order chi connectivity index (χ0) is 70.2. The molecule has 4 fully saturated rings. The number of piperidine rings is 3. The minimum absolute atomic E-state index is 0.0348. The number of hydrogen-bond donors (Lipinski definition) is 3. The van der Waals surface area contributed by atoms with Crippen LogP contribution < -0.4 is 19.9 Å². The highest BCUT2D eigenvalue weighted by Gasteiger charge is 2.34. The lowest BCUT2D eigenvalue weighted by molar-refractivity contribution is -0.125. The number of H-pyrrole nitrogens is 2. The number of carbonyl (C=O) groups excluding carboxylic acids is 6. The van der Waals surface area contributed by atoms with Gasteiger partial charge in [0.2, 0.25) is 17.6 Å². The Morgan fingerprint density at radius 3 is 1.27 bits per heavy atom. The lowest BCUT2D eigenvalue weighted by Gasteiger charge is -2.32. The van der Waals surface area contributed by atoms with Crippen LogP contribution in [0.15, 0.2) is 102 Å². The molecule has 8 aromatic rings. The molecule has 98 heavy (non-hydrogen) atoms. The smallest absolute Gasteiger partial charge is 0.295 e. The number of ether oxygens (including phenoxy) is 3. The van der Waals surface area contributed by atoms with Gasteiger partial charge in [-0.2, -0.15) is 26.7 Å². The summed E-state index contributed by atoms with van der Waals surface area (Å²) in [5.74, 6) is 1.34. The third-order valence-corrected chi connectivity index (χ3v) is 20.0. The van der Waals surface area contributed by atoms with Crippen LogP contribution in [0.1, 0.15) is 128 Å². The molecule has 5 aromatic heterocycles. The highest BCUT2D eigenvalue weighted by Crippen LogP contribution is 2.35. The third kappa shape index (κ3) is 18.6. The van der Waals surface area contributed by atoms with Crippen LogP contribution in [0.3, 0.4) is 0 Å². The number of aromatic amines is 2. The first-order valence-electron chi connectivity index (χ1n) is 33.1. The molecule has 19 nitrogen and oxygen atoms in total. The number of nitrogens with zero attached hydrogens (tertiary/aromatic N) is 7. The number of ketones is 2. The SMILES string of the molecule is COc1nc(N)ccc1C(=O)N1CCC(Cc2ccc(F)cc2)CC1.COc1nc2[nH]c(C)c(C(=O)C(=O)N3CCCC3)c2cc1C(=O)N1CCC(Cc2ccc(F)cc2)CC1.COc1nc2[nH]c(C)c(SC)c2cc1C(=O)N1CCC(Cc2ccc(F)cc2)CC1.CSCC(C)=O. The summed E-state index contributed by atoms with van der Waals surface area (Å²) in [5.41, 5.74) is 13.2. The first-order valence-corrected chi connectivity index (χ1v) is 35.7. The van der Waals surface area contributed by atoms with E-state index in [-0.39, 0.29) is 63.8 Å². The number of amides is 4. The Hall–Kier alpha value is -8.90. The number of halogens is 3. The van der Waals surface area contributed by atoms with Crippen LogP contribution in [-0.2, 0) is 28.9 Å². The van der Waals surface area contributed by atoms with E-state index in [1.54, 1.807) is 72.5 Å². The monoisotopic (exact) mass is 1380 g/mol. The number of nitrogen functional groups attached to an aromatic ring is 1. The average molecular weight is 1380 g/mol. The van der Waals surface area contributed by atoms with E-state index in [2.05, 4.69) is 24.9 Å². The quantitative estimate of drug-likeness (QED) is 0.0436. The van der Waals surface area contributed by atoms with Crippen molar-refractivity contribution >= 4 is 86.6 Å². The summed E-state index contributed by atoms with van der Waals surface area (Å²) < 4.78 is 55.4. The van der Waals surface area contributed by atoms with Gasteiger partial charge < -0.3 is 49.5 Å². The van der Waals surface area contributed by atoms with E-state index in [4.69, 9.17) is 19.9 Å². The molecule has 12 rings (SSSR count). The summed E-state index contributed by atoms with van der Waals surface area (Å²) in [6, 6.07) is 26.7. The number of rotatable bonds is 17. The predicted molar refractivity (Wildman–Crippen MR) is 377 cm³/mol. The van der Waals surface area contributed by atoms with Gasteiger partial charge in [0, 0.05) is 79.4 Å². The second-order valence-corrected chi connectivity index (χ2v) is 26.9. The van der Waals surface area contributed by atoms with Crippen molar-refractivity contribution in [2.75, 3.05) is 97.7 Å². The molecule has 0 radical (unpaired) electrons. The Morgan fingerprint density at radius 1 is 0.510 bits per heavy atom. The number of anilines is 1. The van der Waals surface area contributed by atoms with Crippen LogP contribution in [0.5, 0.6) is 17.6 Å². The minimum atomic E-state index is -0.586. The van der Waals surface area contributed by atoms with E-state index in [9.17, 15) is 41.9 Å². The van der Waals surface area contributed by atoms with E-state index >= 15 is 0 Å². The highest BCUT2D eigenvalue weighted by molar-refractivity contribution is 7.99.